The average Bonchev–Trinajstić information content (AvgIpc) is 3.26. The van der Waals surface area contributed by atoms with E-state index in [1.54, 1.807) is 11.0 Å². The molecule has 0 amide bonds. The molecule has 0 aliphatic carbocycles. The zero-order chi connectivity index (χ0) is 19.1. The molecule has 3 aromatic rings. The molecule has 0 unspecified atom stereocenters. The summed E-state index contributed by atoms with van der Waals surface area (Å²) in [4.78, 5) is 13.2. The van der Waals surface area contributed by atoms with Crippen molar-refractivity contribution in [3.8, 4) is 0 Å². The Morgan fingerprint density at radius 1 is 1.19 bits per heavy atom. The highest BCUT2D eigenvalue weighted by Crippen LogP contribution is 2.09. The summed E-state index contributed by atoms with van der Waals surface area (Å²) in [6.07, 6.45) is 5.38. The van der Waals surface area contributed by atoms with E-state index in [1.807, 2.05) is 33.3 Å². The molecule has 0 spiro atoms. The molecule has 8 heteroatoms. The summed E-state index contributed by atoms with van der Waals surface area (Å²) in [6, 6.07) is 8.49. The van der Waals surface area contributed by atoms with Gasteiger partial charge in [-0.25, -0.2) is 15.0 Å². The van der Waals surface area contributed by atoms with Crippen LogP contribution in [0.3, 0.4) is 0 Å². The fourth-order valence-corrected chi connectivity index (χ4v) is 2.75. The number of rotatable bonds is 7. The number of aryl methyl sites for hydroxylation is 2. The Balaban J connectivity index is 1.64. The van der Waals surface area contributed by atoms with Crippen molar-refractivity contribution in [3.05, 3.63) is 65.8 Å². The van der Waals surface area contributed by atoms with E-state index in [0.717, 1.165) is 30.7 Å². The third-order valence-electron chi connectivity index (χ3n) is 4.25. The summed E-state index contributed by atoms with van der Waals surface area (Å²) in [5, 5.41) is 10.6. The third kappa shape index (κ3) is 5.16. The van der Waals surface area contributed by atoms with Crippen LogP contribution < -0.4 is 10.6 Å². The van der Waals surface area contributed by atoms with Crippen molar-refractivity contribution in [3.63, 3.8) is 0 Å². The first-order chi connectivity index (χ1) is 13.2. The van der Waals surface area contributed by atoms with E-state index in [2.05, 4.69) is 59.5 Å². The molecule has 27 heavy (non-hydrogen) atoms. The van der Waals surface area contributed by atoms with Gasteiger partial charge in [0.2, 0.25) is 0 Å². The van der Waals surface area contributed by atoms with Crippen LogP contribution in [0, 0.1) is 6.92 Å². The van der Waals surface area contributed by atoms with Crippen molar-refractivity contribution < 1.29 is 0 Å². The lowest BCUT2D eigenvalue weighted by Crippen LogP contribution is -2.37. The van der Waals surface area contributed by atoms with Crippen molar-refractivity contribution in [2.75, 3.05) is 6.54 Å². The first-order valence-electron chi connectivity index (χ1n) is 9.06. The molecule has 3 rings (SSSR count). The Kier molecular flexibility index (Phi) is 6.19. The molecule has 0 aliphatic heterocycles. The molecule has 0 bridgehead atoms. The molecule has 0 aliphatic rings. The van der Waals surface area contributed by atoms with E-state index in [4.69, 9.17) is 0 Å². The van der Waals surface area contributed by atoms with E-state index in [0.29, 0.717) is 13.1 Å². The highest BCUT2D eigenvalue weighted by atomic mass is 15.3. The van der Waals surface area contributed by atoms with Crippen LogP contribution in [0.2, 0.25) is 0 Å². The minimum Gasteiger partial charge on any atom is -0.357 e. The van der Waals surface area contributed by atoms with Crippen LogP contribution in [0.1, 0.15) is 29.7 Å². The second kappa shape index (κ2) is 8.98. The molecule has 0 saturated carbocycles. The predicted molar refractivity (Wildman–Crippen MR) is 105 cm³/mol. The van der Waals surface area contributed by atoms with Crippen LogP contribution in [0.4, 0.5) is 0 Å². The first kappa shape index (κ1) is 18.6. The van der Waals surface area contributed by atoms with Gasteiger partial charge in [0.05, 0.1) is 13.1 Å². The highest BCUT2D eigenvalue weighted by molar-refractivity contribution is 5.79. The maximum Gasteiger partial charge on any atom is 0.191 e. The number of nitrogens with zero attached hydrogens (tertiary/aromatic N) is 6. The lowest BCUT2D eigenvalue weighted by molar-refractivity contribution is 0.673. The number of nitrogens with one attached hydrogen (secondary N) is 2. The number of aromatic nitrogens is 5. The predicted octanol–water partition coefficient (Wildman–Crippen LogP) is 1.62. The molecular weight excluding hydrogens is 340 g/mol. The molecule has 0 atom stereocenters. The zero-order valence-corrected chi connectivity index (χ0v) is 16.1. The van der Waals surface area contributed by atoms with Gasteiger partial charge in [0, 0.05) is 32.5 Å². The van der Waals surface area contributed by atoms with Gasteiger partial charge in [-0.05, 0) is 25.0 Å². The molecule has 0 fully saturated rings. The molecule has 142 valence electrons. The molecule has 0 saturated heterocycles. The van der Waals surface area contributed by atoms with E-state index in [9.17, 15) is 0 Å². The van der Waals surface area contributed by atoms with Gasteiger partial charge in [-0.2, -0.15) is 5.10 Å². The number of imidazole rings is 1. The molecule has 2 aromatic heterocycles. The van der Waals surface area contributed by atoms with Crippen LogP contribution in [-0.4, -0.2) is 36.8 Å². The summed E-state index contributed by atoms with van der Waals surface area (Å²) < 4.78 is 3.88. The Labute approximate surface area is 159 Å². The Bertz CT molecular complexity index is 893. The van der Waals surface area contributed by atoms with E-state index in [-0.39, 0.29) is 0 Å². The van der Waals surface area contributed by atoms with Crippen molar-refractivity contribution in [2.45, 2.75) is 33.5 Å². The van der Waals surface area contributed by atoms with E-state index < -0.39 is 0 Å². The summed E-state index contributed by atoms with van der Waals surface area (Å²) in [6.45, 7) is 6.85. The Morgan fingerprint density at radius 3 is 2.74 bits per heavy atom. The minimum atomic E-state index is 0.572. The number of guanidine groups is 1. The zero-order valence-electron chi connectivity index (χ0n) is 16.1. The van der Waals surface area contributed by atoms with Crippen LogP contribution in [0.15, 0.2) is 48.0 Å². The molecule has 0 radical (unpaired) electrons. The maximum atomic E-state index is 4.69. The lowest BCUT2D eigenvalue weighted by atomic mass is 10.1. The molecule has 8 nitrogen and oxygen atoms in total. The normalized spacial score (nSPS) is 11.6. The minimum absolute atomic E-state index is 0.572. The lowest BCUT2D eigenvalue weighted by Gasteiger charge is -2.11. The van der Waals surface area contributed by atoms with Gasteiger partial charge in [0.15, 0.2) is 5.96 Å². The van der Waals surface area contributed by atoms with Crippen LogP contribution >= 0.6 is 0 Å². The van der Waals surface area contributed by atoms with Gasteiger partial charge in [-0.1, -0.05) is 24.3 Å². The fourth-order valence-electron chi connectivity index (χ4n) is 2.75. The standard InChI is InChI=1S/C19H26N8/c1-4-20-19(23-12-18-24-14-25-26(18)3)22-11-16-6-5-7-17(10-16)13-27-9-8-21-15(27)2/h5-10,14H,4,11-13H2,1-3H3,(H2,20,22,23). The summed E-state index contributed by atoms with van der Waals surface area (Å²) in [5.74, 6) is 2.63. The SMILES string of the molecule is CCNC(=NCc1cccc(Cn2ccnc2C)c1)NCc1ncnn1C. The summed E-state index contributed by atoms with van der Waals surface area (Å²) >= 11 is 0. The van der Waals surface area contributed by atoms with Gasteiger partial charge in [-0.3, -0.25) is 4.68 Å². The quantitative estimate of drug-likeness (QED) is 0.490. The van der Waals surface area contributed by atoms with E-state index >= 15 is 0 Å². The maximum absolute atomic E-state index is 4.69. The van der Waals surface area contributed by atoms with Gasteiger partial charge in [0.1, 0.15) is 18.0 Å². The smallest absolute Gasteiger partial charge is 0.191 e. The van der Waals surface area contributed by atoms with Crippen molar-refractivity contribution in [1.82, 2.24) is 34.9 Å². The van der Waals surface area contributed by atoms with Gasteiger partial charge >= 0.3 is 0 Å². The molecular formula is C19H26N8. The molecule has 1 aromatic carbocycles. The van der Waals surface area contributed by atoms with Gasteiger partial charge in [-0.15, -0.1) is 0 Å². The second-order valence-corrected chi connectivity index (χ2v) is 6.27. The molecule has 2 N–H and O–H groups in total. The van der Waals surface area contributed by atoms with Crippen LogP contribution in [0.25, 0.3) is 0 Å². The summed E-state index contributed by atoms with van der Waals surface area (Å²) in [7, 11) is 1.88. The number of benzene rings is 1. The number of hydrogen-bond acceptors (Lipinski definition) is 4. The summed E-state index contributed by atoms with van der Waals surface area (Å²) in [5.41, 5.74) is 2.40. The first-order valence-corrected chi connectivity index (χ1v) is 9.06. The van der Waals surface area contributed by atoms with Crippen molar-refractivity contribution in [2.24, 2.45) is 12.0 Å². The Morgan fingerprint density at radius 2 is 2.04 bits per heavy atom. The Hall–Kier alpha value is -3.16. The van der Waals surface area contributed by atoms with Gasteiger partial charge < -0.3 is 15.2 Å². The van der Waals surface area contributed by atoms with E-state index in [1.165, 1.54) is 11.1 Å². The highest BCUT2D eigenvalue weighted by Gasteiger charge is 2.04. The topological polar surface area (TPSA) is 84.9 Å². The van der Waals surface area contributed by atoms with Crippen molar-refractivity contribution >= 4 is 5.96 Å². The van der Waals surface area contributed by atoms with Crippen molar-refractivity contribution in [1.29, 1.82) is 0 Å². The van der Waals surface area contributed by atoms with Crippen LogP contribution in [0.5, 0.6) is 0 Å². The molecule has 2 heterocycles. The monoisotopic (exact) mass is 366 g/mol. The average molecular weight is 366 g/mol. The number of hydrogen-bond donors (Lipinski definition) is 2. The number of aliphatic imine (C=N–C) groups is 1. The third-order valence-corrected chi connectivity index (χ3v) is 4.25. The van der Waals surface area contributed by atoms with Crippen LogP contribution in [-0.2, 0) is 26.7 Å². The largest absolute Gasteiger partial charge is 0.357 e. The van der Waals surface area contributed by atoms with Gasteiger partial charge in [0.25, 0.3) is 0 Å². The second-order valence-electron chi connectivity index (χ2n) is 6.27. The fraction of sp³-hybridized carbons (Fsp3) is 0.368.